The Hall–Kier alpha value is -6.34. The Morgan fingerprint density at radius 2 is 0.958 bits per heavy atom. The lowest BCUT2D eigenvalue weighted by Gasteiger charge is -2.31. The summed E-state index contributed by atoms with van der Waals surface area (Å²) < 4.78 is 44.5. The van der Waals surface area contributed by atoms with Gasteiger partial charge in [-0.1, -0.05) is 85.3 Å². The van der Waals surface area contributed by atoms with Crippen LogP contribution in [0.1, 0.15) is 46.0 Å². The van der Waals surface area contributed by atoms with Crippen molar-refractivity contribution in [3.8, 4) is 18.5 Å². The SMILES string of the molecule is C#CN=CC#N.C=CCn1c(=O)n(CC=C)c(=O)n(CC=C)c1=O.COC(OC)(C(=O)c1ccccc1)c1ccccc1.O=C(CCS)OCC(COC(=O)CCS)(COC(=O)CCS)COC(=O)CCS.[3HH].[3H][3H]. The number of esters is 4. The first kappa shape index (κ1) is 63.7. The van der Waals surface area contributed by atoms with Crippen LogP contribution in [-0.4, -0.2) is 113 Å². The highest BCUT2D eigenvalue weighted by Gasteiger charge is 2.41. The first-order chi connectivity index (χ1) is 35.6. The molecule has 1 heterocycles. The molecule has 19 nitrogen and oxygen atoms in total. The lowest BCUT2D eigenvalue weighted by atomic mass is 9.92. The van der Waals surface area contributed by atoms with Gasteiger partial charge in [0.15, 0.2) is 0 Å². The molecule has 0 aliphatic carbocycles. The number of methoxy groups -OCH3 is 2. The third-order valence-electron chi connectivity index (χ3n) is 9.00. The van der Waals surface area contributed by atoms with E-state index in [1.165, 1.54) is 32.4 Å². The highest BCUT2D eigenvalue weighted by Crippen LogP contribution is 2.30. The molecule has 0 saturated carbocycles. The first-order valence-corrected chi connectivity index (χ1v) is 24.0. The van der Waals surface area contributed by atoms with Gasteiger partial charge in [-0.05, 0) is 0 Å². The van der Waals surface area contributed by atoms with Crippen molar-refractivity contribution in [1.82, 2.24) is 13.7 Å². The number of carbonyl (C=O) groups excluding carboxylic acids is 5. The van der Waals surface area contributed by atoms with Crippen LogP contribution in [0.2, 0.25) is 0 Å². The largest absolute Gasteiger partial charge is 0.465 e. The first-order valence-electron chi connectivity index (χ1n) is 22.5. The molecule has 0 radical (unpaired) electrons. The Balaban J connectivity index is -0.000000985. The summed E-state index contributed by atoms with van der Waals surface area (Å²) in [5.41, 5.74) is -2.01. The average Bonchev–Trinajstić information content (AvgIpc) is 3.41. The van der Waals surface area contributed by atoms with Crippen molar-refractivity contribution in [1.29, 1.82) is 5.26 Å². The van der Waals surface area contributed by atoms with E-state index in [2.05, 4.69) is 81.7 Å². The molecule has 0 amide bonds. The number of Topliss-reactive ketones (excluding diaryl/α,β-unsaturated/α-hetero) is 1. The number of hydrogen-bond acceptors (Lipinski definition) is 20. The normalized spacial score (nSPS) is 10.6. The standard InChI is InChI=1S/C17H28O8S4.C16H16O3.C12H15N3O3.C4H2N2.2H2/c18-13(1-5-26)22-9-17(10-23-14(19)2-6-27,11-24-15(20)3-7-28)12-25-16(21)4-8-29;1-18-16(19-2,14-11-7-4-8-12-14)15(17)13-9-5-3-6-10-13;1-4-7-13-10(16)14(8-5-2)12(18)15(9-6-3)11(13)17;1-2-6-4-3-5;;/h26-29H,1-12H2;3-12H,1-2H3;4-6H,1-3,7-9H2;1,4H;2*1H/i;;;;1+2T;1+2. The van der Waals surface area contributed by atoms with Gasteiger partial charge in [0.05, 0.1) is 45.3 Å². The zero-order valence-electron chi connectivity index (χ0n) is 42.1. The van der Waals surface area contributed by atoms with Gasteiger partial charge in [0, 0.05) is 58.8 Å². The minimum Gasteiger partial charge on any atom is -0.465 e. The number of allylic oxidation sites excluding steroid dienone is 3. The monoisotopic (exact) mass is 1080 g/mol. The third-order valence-corrected chi connectivity index (χ3v) is 9.90. The van der Waals surface area contributed by atoms with E-state index in [0.717, 1.165) is 19.9 Å². The van der Waals surface area contributed by atoms with E-state index in [0.29, 0.717) is 11.1 Å². The maximum atomic E-state index is 12.7. The lowest BCUT2D eigenvalue weighted by molar-refractivity contribution is -0.176. The Bertz CT molecular complexity index is 2280. The Morgan fingerprint density at radius 1 is 0.639 bits per heavy atom. The molecule has 0 saturated heterocycles. The number of thiol groups is 4. The van der Waals surface area contributed by atoms with Crippen molar-refractivity contribution in [2.75, 3.05) is 63.7 Å². The third kappa shape index (κ3) is 23.3. The summed E-state index contributed by atoms with van der Waals surface area (Å²) in [6.45, 7) is 9.45. The van der Waals surface area contributed by atoms with Gasteiger partial charge < -0.3 is 28.4 Å². The zero-order chi connectivity index (χ0) is 56.4. The molecule has 0 fully saturated rings. The van der Waals surface area contributed by atoms with Crippen LogP contribution in [0.4, 0.5) is 0 Å². The summed E-state index contributed by atoms with van der Waals surface area (Å²) in [5, 5.41) is 7.70. The number of nitrogens with zero attached hydrogens (tertiary/aromatic N) is 5. The predicted octanol–water partition coefficient (Wildman–Crippen LogP) is 4.83. The van der Waals surface area contributed by atoms with Crippen LogP contribution in [0.15, 0.2) is 118 Å². The Morgan fingerprint density at radius 3 is 1.21 bits per heavy atom. The second-order valence-electron chi connectivity index (χ2n) is 14.2. The van der Waals surface area contributed by atoms with Crippen molar-refractivity contribution >= 4 is 86.4 Å². The Labute approximate surface area is 445 Å². The van der Waals surface area contributed by atoms with Gasteiger partial charge in [-0.25, -0.2) is 28.1 Å². The summed E-state index contributed by atoms with van der Waals surface area (Å²) in [6, 6.07) is 21.7. The molecule has 3 aromatic rings. The fourth-order valence-electron chi connectivity index (χ4n) is 5.52. The molecular weight excluding hydrogens is 1010 g/mol. The van der Waals surface area contributed by atoms with E-state index in [9.17, 15) is 38.4 Å². The molecule has 23 heteroatoms. The van der Waals surface area contributed by atoms with Crippen molar-refractivity contribution in [2.45, 2.75) is 51.1 Å². The van der Waals surface area contributed by atoms with Crippen molar-refractivity contribution in [2.24, 2.45) is 10.4 Å². The zero-order valence-corrected chi connectivity index (χ0v) is 43.7. The number of ketones is 1. The topological polar surface area (TPSA) is 243 Å². The van der Waals surface area contributed by atoms with Gasteiger partial charge in [0.2, 0.25) is 5.78 Å². The number of aliphatic imine (C=N–C) groups is 1. The van der Waals surface area contributed by atoms with Crippen molar-refractivity contribution < 1.29 is 56.8 Å². The summed E-state index contributed by atoms with van der Waals surface area (Å²) in [7, 11) is 2.94. The van der Waals surface area contributed by atoms with Crippen LogP contribution in [0.25, 0.3) is 0 Å². The molecule has 72 heavy (non-hydrogen) atoms. The molecule has 0 bridgehead atoms. The predicted molar refractivity (Wildman–Crippen MR) is 290 cm³/mol. The highest BCUT2D eigenvalue weighted by molar-refractivity contribution is 7.80. The van der Waals surface area contributed by atoms with E-state index >= 15 is 0 Å². The van der Waals surface area contributed by atoms with Crippen LogP contribution in [0, 0.1) is 29.2 Å². The van der Waals surface area contributed by atoms with Gasteiger partial charge in [-0.15, -0.1) is 19.7 Å². The van der Waals surface area contributed by atoms with E-state index < -0.39 is 52.1 Å². The number of terminal acetylenes is 1. The maximum Gasteiger partial charge on any atom is 0.336 e. The van der Waals surface area contributed by atoms with Crippen LogP contribution >= 0.6 is 50.5 Å². The van der Waals surface area contributed by atoms with Gasteiger partial charge in [0.25, 0.3) is 5.79 Å². The number of rotatable bonds is 27. The smallest absolute Gasteiger partial charge is 0.336 e. The van der Waals surface area contributed by atoms with E-state index in [4.69, 9.17) is 36.7 Å². The van der Waals surface area contributed by atoms with Gasteiger partial charge in [0.1, 0.15) is 44.1 Å². The van der Waals surface area contributed by atoms with Crippen LogP contribution in [0.3, 0.4) is 0 Å². The molecule has 394 valence electrons. The number of carbonyl (C=O) groups is 5. The molecule has 0 unspecified atom stereocenters. The number of aromatic nitrogens is 3. The van der Waals surface area contributed by atoms with Gasteiger partial charge >= 0.3 is 40.9 Å². The van der Waals surface area contributed by atoms with Gasteiger partial charge in [-0.2, -0.15) is 60.8 Å². The van der Waals surface area contributed by atoms with E-state index in [1.807, 2.05) is 54.6 Å². The lowest BCUT2D eigenvalue weighted by Crippen LogP contribution is -2.54. The molecule has 0 aliphatic heterocycles. The molecule has 0 aliphatic rings. The minimum absolute atomic E-state index is 0. The fraction of sp³-hybridized carbons (Fsp3) is 0.388. The van der Waals surface area contributed by atoms with Gasteiger partial charge in [-0.3, -0.25) is 24.0 Å². The summed E-state index contributed by atoms with van der Waals surface area (Å²) in [5.74, 6) is -2.60. The second-order valence-corrected chi connectivity index (χ2v) is 16.0. The Kier molecular flexibility index (Phi) is 33.9. The number of nitriles is 1. The van der Waals surface area contributed by atoms with Crippen LogP contribution < -0.4 is 17.1 Å². The number of hydrogen-bond donors (Lipinski definition) is 4. The number of ether oxygens (including phenoxy) is 6. The van der Waals surface area contributed by atoms with Crippen LogP contribution in [-0.2, 0) is 73.0 Å². The van der Waals surface area contributed by atoms with Crippen LogP contribution in [0.5, 0.6) is 0 Å². The molecule has 0 atom stereocenters. The molecular formula is C49H65N5O14S4. The van der Waals surface area contributed by atoms with Crippen molar-refractivity contribution in [3.05, 3.63) is 141 Å². The summed E-state index contributed by atoms with van der Waals surface area (Å²) in [6.07, 6.45) is 10.1. The quantitative estimate of drug-likeness (QED) is 0.0117. The minimum atomic E-state index is -1.40. The molecule has 1 aromatic heterocycles. The van der Waals surface area contributed by atoms with E-state index in [1.54, 1.807) is 18.2 Å². The maximum absolute atomic E-state index is 12.7. The second kappa shape index (κ2) is 38.4. The summed E-state index contributed by atoms with van der Waals surface area (Å²) in [4.78, 5) is 98.8. The van der Waals surface area contributed by atoms with Crippen molar-refractivity contribution in [3.63, 3.8) is 0 Å². The average molecular weight is 1080 g/mol. The highest BCUT2D eigenvalue weighted by atomic mass is 32.1. The molecule has 0 spiro atoms. The van der Waals surface area contributed by atoms with E-state index in [-0.39, 0.29) is 102 Å². The summed E-state index contributed by atoms with van der Waals surface area (Å²) >= 11 is 15.9. The fourth-order valence-corrected chi connectivity index (χ4v) is 6.25. The molecule has 2 aromatic carbocycles. The number of benzene rings is 2. The molecule has 3 rings (SSSR count). The molecule has 0 N–H and O–H groups in total.